The molecule has 1 unspecified atom stereocenters. The number of rotatable bonds is 5. The van der Waals surface area contributed by atoms with Gasteiger partial charge in [0, 0.05) is 6.42 Å². The van der Waals surface area contributed by atoms with Gasteiger partial charge in [-0.1, -0.05) is 30.9 Å². The Hall–Kier alpha value is -3.83. The Balaban J connectivity index is 1.37. The molecule has 2 aromatic rings. The van der Waals surface area contributed by atoms with Crippen molar-refractivity contribution in [2.45, 2.75) is 37.0 Å². The summed E-state index contributed by atoms with van der Waals surface area (Å²) >= 11 is 0. The second-order valence-electron chi connectivity index (χ2n) is 8.15. The minimum absolute atomic E-state index is 0.0715. The molecule has 8 heteroatoms. The zero-order valence-electron chi connectivity index (χ0n) is 18.4. The summed E-state index contributed by atoms with van der Waals surface area (Å²) < 4.78 is 38.3. The second kappa shape index (κ2) is 9.98. The SMILES string of the molecule is C=C1CC[C@@H](Oc2ccc(C3CC(=O)NS3(=O)=O)cc2)C/C=C\C=C1Oc1ccc(C#N)cc1. The van der Waals surface area contributed by atoms with E-state index in [0.717, 1.165) is 5.57 Å². The number of nitrogens with zero attached hydrogens (tertiary/aromatic N) is 1. The normalized spacial score (nSPS) is 22.9. The van der Waals surface area contributed by atoms with Gasteiger partial charge in [0.15, 0.2) is 0 Å². The lowest BCUT2D eigenvalue weighted by atomic mass is 10.1. The van der Waals surface area contributed by atoms with Crippen LogP contribution in [0.15, 0.2) is 84.7 Å². The molecule has 7 nitrogen and oxygen atoms in total. The van der Waals surface area contributed by atoms with Gasteiger partial charge in [-0.2, -0.15) is 5.26 Å². The lowest BCUT2D eigenvalue weighted by Gasteiger charge is -2.19. The topological polar surface area (TPSA) is 105 Å². The third kappa shape index (κ3) is 5.56. The molecule has 2 aromatic carbocycles. The van der Waals surface area contributed by atoms with E-state index in [9.17, 15) is 13.2 Å². The fraction of sp³-hybridized carbons (Fsp3) is 0.231. The monoisotopic (exact) mass is 476 g/mol. The van der Waals surface area contributed by atoms with Crippen LogP contribution in [0.4, 0.5) is 0 Å². The molecule has 1 aliphatic carbocycles. The Bertz CT molecular complexity index is 1290. The maximum Gasteiger partial charge on any atom is 0.242 e. The van der Waals surface area contributed by atoms with Gasteiger partial charge < -0.3 is 9.47 Å². The lowest BCUT2D eigenvalue weighted by molar-refractivity contribution is -0.118. The van der Waals surface area contributed by atoms with Crippen molar-refractivity contribution < 1.29 is 22.7 Å². The molecule has 34 heavy (non-hydrogen) atoms. The van der Waals surface area contributed by atoms with Gasteiger partial charge in [-0.15, -0.1) is 0 Å². The van der Waals surface area contributed by atoms with E-state index in [2.05, 4.69) is 12.6 Å². The van der Waals surface area contributed by atoms with Crippen molar-refractivity contribution in [3.63, 3.8) is 0 Å². The maximum atomic E-state index is 12.1. The molecule has 0 saturated carbocycles. The van der Waals surface area contributed by atoms with Gasteiger partial charge in [-0.3, -0.25) is 9.52 Å². The van der Waals surface area contributed by atoms with Crippen molar-refractivity contribution in [3.8, 4) is 17.6 Å². The van der Waals surface area contributed by atoms with Crippen LogP contribution in [0.2, 0.25) is 0 Å². The summed E-state index contributed by atoms with van der Waals surface area (Å²) in [5.41, 5.74) is 1.96. The van der Waals surface area contributed by atoms with E-state index in [1.165, 1.54) is 0 Å². The molecular weight excluding hydrogens is 452 g/mol. The van der Waals surface area contributed by atoms with Gasteiger partial charge in [0.05, 0.1) is 18.1 Å². The lowest BCUT2D eigenvalue weighted by Crippen LogP contribution is -2.21. The number of ether oxygens (including phenoxy) is 2. The number of benzene rings is 2. The number of nitrogens with one attached hydrogen (secondary N) is 1. The Kier molecular flexibility index (Phi) is 6.85. The maximum absolute atomic E-state index is 12.1. The first-order valence-electron chi connectivity index (χ1n) is 10.9. The first-order valence-corrected chi connectivity index (χ1v) is 12.4. The summed E-state index contributed by atoms with van der Waals surface area (Å²) in [4.78, 5) is 11.5. The van der Waals surface area contributed by atoms with Crippen molar-refractivity contribution in [1.29, 1.82) is 5.26 Å². The van der Waals surface area contributed by atoms with Crippen LogP contribution in [0.5, 0.6) is 11.5 Å². The summed E-state index contributed by atoms with van der Waals surface area (Å²) in [5, 5.41) is 8.07. The van der Waals surface area contributed by atoms with Crippen LogP contribution < -0.4 is 14.2 Å². The average molecular weight is 477 g/mol. The molecule has 0 aromatic heterocycles. The number of hydrogen-bond donors (Lipinski definition) is 1. The largest absolute Gasteiger partial charge is 0.490 e. The van der Waals surface area contributed by atoms with E-state index < -0.39 is 21.2 Å². The summed E-state index contributed by atoms with van der Waals surface area (Å²) in [6, 6.07) is 15.8. The summed E-state index contributed by atoms with van der Waals surface area (Å²) in [7, 11) is -3.67. The van der Waals surface area contributed by atoms with Crippen LogP contribution >= 0.6 is 0 Å². The fourth-order valence-electron chi connectivity index (χ4n) is 3.82. The minimum atomic E-state index is -3.67. The molecule has 0 radical (unpaired) electrons. The molecule has 1 amide bonds. The third-order valence-corrected chi connectivity index (χ3v) is 7.37. The van der Waals surface area contributed by atoms with Crippen LogP contribution in [0.3, 0.4) is 0 Å². The van der Waals surface area contributed by atoms with Gasteiger partial charge in [0.1, 0.15) is 28.6 Å². The first-order chi connectivity index (χ1) is 16.3. The van der Waals surface area contributed by atoms with Crippen LogP contribution in [0.1, 0.15) is 42.1 Å². The predicted molar refractivity (Wildman–Crippen MR) is 127 cm³/mol. The second-order valence-corrected chi connectivity index (χ2v) is 10.0. The van der Waals surface area contributed by atoms with E-state index >= 15 is 0 Å². The Labute approximate surface area is 199 Å². The van der Waals surface area contributed by atoms with Crippen molar-refractivity contribution >= 4 is 15.9 Å². The van der Waals surface area contributed by atoms with Gasteiger partial charge in [-0.25, -0.2) is 8.42 Å². The minimum Gasteiger partial charge on any atom is -0.490 e. The molecule has 4 rings (SSSR count). The smallest absolute Gasteiger partial charge is 0.242 e. The molecule has 2 aliphatic rings. The number of amides is 1. The molecule has 1 heterocycles. The molecule has 1 saturated heterocycles. The average Bonchev–Trinajstić information content (AvgIpc) is 3.14. The molecule has 0 bridgehead atoms. The van der Waals surface area contributed by atoms with E-state index in [4.69, 9.17) is 14.7 Å². The number of nitriles is 1. The van der Waals surface area contributed by atoms with Gasteiger partial charge in [-0.05, 0) is 66.5 Å². The molecule has 2 atom stereocenters. The van der Waals surface area contributed by atoms with Crippen molar-refractivity contribution in [1.82, 2.24) is 4.72 Å². The van der Waals surface area contributed by atoms with Crippen LogP contribution in [0.25, 0.3) is 0 Å². The quantitative estimate of drug-likeness (QED) is 0.683. The summed E-state index contributed by atoms with van der Waals surface area (Å²) in [6.07, 6.45) is 7.68. The van der Waals surface area contributed by atoms with Crippen molar-refractivity contribution in [2.75, 3.05) is 0 Å². The Morgan fingerprint density at radius 2 is 1.76 bits per heavy atom. The van der Waals surface area contributed by atoms with Gasteiger partial charge >= 0.3 is 0 Å². The standard InChI is InChI=1S/C26H24N2O5S/c1-18-6-11-21(4-2-3-5-24(18)33-23-12-7-19(17-27)8-13-23)32-22-14-9-20(10-15-22)25-16-26(29)28-34(25,30)31/h2-3,5,7-10,12-15,21,25H,1,4,6,11,16H2,(H,28,29)/b3-2-,24-5?/t21-,25?/m0/s1. The number of hydrogen-bond acceptors (Lipinski definition) is 6. The number of allylic oxidation sites excluding steroid dienone is 3. The van der Waals surface area contributed by atoms with Crippen LogP contribution in [-0.2, 0) is 14.8 Å². The Morgan fingerprint density at radius 1 is 1.06 bits per heavy atom. The molecule has 1 aliphatic heterocycles. The highest BCUT2D eigenvalue weighted by atomic mass is 32.2. The van der Waals surface area contributed by atoms with Gasteiger partial charge in [0.25, 0.3) is 0 Å². The highest BCUT2D eigenvalue weighted by Gasteiger charge is 2.37. The highest BCUT2D eigenvalue weighted by Crippen LogP contribution is 2.32. The van der Waals surface area contributed by atoms with E-state index in [1.807, 2.05) is 23.0 Å². The van der Waals surface area contributed by atoms with E-state index in [-0.39, 0.29) is 12.5 Å². The number of carbonyl (C=O) groups is 1. The number of carbonyl (C=O) groups excluding carboxylic acids is 1. The molecule has 174 valence electrons. The molecule has 1 fully saturated rings. The Morgan fingerprint density at radius 3 is 2.41 bits per heavy atom. The zero-order chi connectivity index (χ0) is 24.1. The summed E-state index contributed by atoms with van der Waals surface area (Å²) in [5.74, 6) is 1.43. The van der Waals surface area contributed by atoms with Crippen molar-refractivity contribution in [3.05, 3.63) is 95.8 Å². The van der Waals surface area contributed by atoms with E-state index in [0.29, 0.717) is 47.6 Å². The zero-order valence-corrected chi connectivity index (χ0v) is 19.3. The molecule has 1 N–H and O–H groups in total. The number of sulfonamides is 1. The molecular formula is C26H24N2O5S. The van der Waals surface area contributed by atoms with Crippen molar-refractivity contribution in [2.24, 2.45) is 0 Å². The predicted octanol–water partition coefficient (Wildman–Crippen LogP) is 4.46. The first kappa shape index (κ1) is 23.3. The fourth-order valence-corrected chi connectivity index (χ4v) is 5.25. The summed E-state index contributed by atoms with van der Waals surface area (Å²) in [6.45, 7) is 4.16. The highest BCUT2D eigenvalue weighted by molar-refractivity contribution is 7.90. The van der Waals surface area contributed by atoms with E-state index in [1.54, 1.807) is 48.5 Å². The third-order valence-electron chi connectivity index (χ3n) is 5.67. The van der Waals surface area contributed by atoms with Crippen LogP contribution in [-0.4, -0.2) is 20.4 Å². The molecule has 0 spiro atoms. The van der Waals surface area contributed by atoms with Crippen LogP contribution in [0, 0.1) is 11.3 Å². The van der Waals surface area contributed by atoms with Gasteiger partial charge in [0.2, 0.25) is 15.9 Å².